The van der Waals surface area contributed by atoms with Gasteiger partial charge in [0.05, 0.1) is 0 Å². The van der Waals surface area contributed by atoms with Crippen molar-refractivity contribution in [2.24, 2.45) is 28.6 Å². The van der Waals surface area contributed by atoms with Crippen LogP contribution in [0.5, 0.6) is 0 Å². The summed E-state index contributed by atoms with van der Waals surface area (Å²) in [6.07, 6.45) is 14.3. The number of carbonyl (C=O) groups excluding carboxylic acids is 1. The quantitative estimate of drug-likeness (QED) is 0.529. The van der Waals surface area contributed by atoms with Gasteiger partial charge in [0, 0.05) is 6.42 Å². The van der Waals surface area contributed by atoms with Gasteiger partial charge in [-0.2, -0.15) is 5.26 Å². The van der Waals surface area contributed by atoms with Crippen LogP contribution in [0.4, 0.5) is 0 Å². The van der Waals surface area contributed by atoms with Crippen molar-refractivity contribution in [3.05, 3.63) is 23.3 Å². The van der Waals surface area contributed by atoms with Crippen LogP contribution in [0.2, 0.25) is 0 Å². The minimum Gasteiger partial charge on any atom is -0.424 e. The molecule has 0 spiro atoms. The molecule has 25 heavy (non-hydrogen) atoms. The molecule has 0 aliphatic heterocycles. The van der Waals surface area contributed by atoms with Gasteiger partial charge in [0.25, 0.3) is 6.26 Å². The standard InChI is InChI=1S/C22H29NO2/c1-14(24)18-6-7-19-17-5-4-15-12-16(25-13-23)8-10-21(15,2)20(17)9-11-22(18,19)3/h4,6,16-17,19-20H,5,7-12H2,1-3H3. The van der Waals surface area contributed by atoms with Crippen LogP contribution in [-0.4, -0.2) is 11.9 Å². The van der Waals surface area contributed by atoms with Crippen molar-refractivity contribution < 1.29 is 9.53 Å². The number of carbonyl (C=O) groups is 1. The smallest absolute Gasteiger partial charge is 0.286 e. The molecule has 0 aromatic heterocycles. The summed E-state index contributed by atoms with van der Waals surface area (Å²) in [6, 6.07) is 0. The summed E-state index contributed by atoms with van der Waals surface area (Å²) in [5.74, 6) is 2.30. The largest absolute Gasteiger partial charge is 0.424 e. The Morgan fingerprint density at radius 1 is 1.16 bits per heavy atom. The molecule has 134 valence electrons. The normalized spacial score (nSPS) is 45.2. The van der Waals surface area contributed by atoms with E-state index in [-0.39, 0.29) is 22.7 Å². The molecule has 0 bridgehead atoms. The van der Waals surface area contributed by atoms with Crippen LogP contribution in [0.3, 0.4) is 0 Å². The van der Waals surface area contributed by atoms with Gasteiger partial charge in [-0.25, -0.2) is 0 Å². The maximum atomic E-state index is 12.1. The Morgan fingerprint density at radius 3 is 2.64 bits per heavy atom. The number of nitriles is 1. The summed E-state index contributed by atoms with van der Waals surface area (Å²) in [5.41, 5.74) is 2.98. The van der Waals surface area contributed by atoms with Crippen LogP contribution in [0, 0.1) is 40.1 Å². The minimum absolute atomic E-state index is 0.0761. The van der Waals surface area contributed by atoms with Crippen LogP contribution in [-0.2, 0) is 9.53 Å². The highest BCUT2D eigenvalue weighted by Gasteiger charge is 2.57. The second-order valence-electron chi connectivity index (χ2n) is 9.20. The number of nitrogens with zero attached hydrogens (tertiary/aromatic N) is 1. The Labute approximate surface area is 151 Å². The van der Waals surface area contributed by atoms with E-state index in [9.17, 15) is 4.79 Å². The first-order valence-electron chi connectivity index (χ1n) is 9.86. The third kappa shape index (κ3) is 2.33. The molecule has 0 aromatic carbocycles. The van der Waals surface area contributed by atoms with E-state index in [1.165, 1.54) is 12.0 Å². The molecule has 6 unspecified atom stereocenters. The SMILES string of the molecule is CC(=O)C1=CCC2C3CC=C4CC(OC#N)CCC4(C)C3CCC12C. The van der Waals surface area contributed by atoms with Crippen molar-refractivity contribution >= 4 is 5.78 Å². The monoisotopic (exact) mass is 339 g/mol. The topological polar surface area (TPSA) is 50.1 Å². The highest BCUT2D eigenvalue weighted by molar-refractivity contribution is 5.95. The maximum absolute atomic E-state index is 12.1. The zero-order valence-electron chi connectivity index (χ0n) is 15.7. The first-order valence-corrected chi connectivity index (χ1v) is 9.86. The fraction of sp³-hybridized carbons (Fsp3) is 0.727. The van der Waals surface area contributed by atoms with Crippen molar-refractivity contribution in [1.82, 2.24) is 0 Å². The Bertz CT molecular complexity index is 699. The van der Waals surface area contributed by atoms with Gasteiger partial charge in [0.15, 0.2) is 5.78 Å². The summed E-state index contributed by atoms with van der Waals surface area (Å²) in [7, 11) is 0. The van der Waals surface area contributed by atoms with E-state index < -0.39 is 0 Å². The molecule has 0 radical (unpaired) electrons. The van der Waals surface area contributed by atoms with Gasteiger partial charge in [-0.05, 0) is 79.6 Å². The molecule has 3 heteroatoms. The number of Topliss-reactive ketones (excluding diaryl/α,β-unsaturated/α-hetero) is 1. The molecule has 0 aromatic rings. The second kappa shape index (κ2) is 5.73. The van der Waals surface area contributed by atoms with Crippen molar-refractivity contribution in [2.75, 3.05) is 0 Å². The van der Waals surface area contributed by atoms with Gasteiger partial charge in [-0.1, -0.05) is 31.6 Å². The van der Waals surface area contributed by atoms with Crippen molar-refractivity contribution in [3.63, 3.8) is 0 Å². The van der Waals surface area contributed by atoms with Gasteiger partial charge in [0.1, 0.15) is 6.10 Å². The van der Waals surface area contributed by atoms with E-state index in [0.717, 1.165) is 44.1 Å². The first-order chi connectivity index (χ1) is 11.9. The van der Waals surface area contributed by atoms with Crippen LogP contribution >= 0.6 is 0 Å². The lowest BCUT2D eigenvalue weighted by Crippen LogP contribution is -2.50. The number of ether oxygens (including phenoxy) is 1. The average Bonchev–Trinajstić information content (AvgIpc) is 2.93. The molecule has 4 rings (SSSR count). The van der Waals surface area contributed by atoms with E-state index in [2.05, 4.69) is 26.0 Å². The molecule has 0 saturated heterocycles. The highest BCUT2D eigenvalue weighted by Crippen LogP contribution is 2.65. The molecule has 4 aliphatic carbocycles. The van der Waals surface area contributed by atoms with E-state index in [1.54, 1.807) is 6.92 Å². The van der Waals surface area contributed by atoms with Gasteiger partial charge < -0.3 is 4.74 Å². The summed E-state index contributed by atoms with van der Waals surface area (Å²) in [5, 5.41) is 8.84. The van der Waals surface area contributed by atoms with Crippen molar-refractivity contribution in [3.8, 4) is 6.26 Å². The van der Waals surface area contributed by atoms with Gasteiger partial charge >= 0.3 is 0 Å². The Balaban J connectivity index is 1.62. The van der Waals surface area contributed by atoms with Gasteiger partial charge in [0.2, 0.25) is 0 Å². The number of allylic oxidation sites excluding steroid dienone is 3. The lowest BCUT2D eigenvalue weighted by Gasteiger charge is -2.57. The van der Waals surface area contributed by atoms with Crippen LogP contribution in [0.15, 0.2) is 23.3 Å². The molecular formula is C22H29NO2. The van der Waals surface area contributed by atoms with Crippen molar-refractivity contribution in [2.45, 2.75) is 71.8 Å². The Morgan fingerprint density at radius 2 is 1.92 bits per heavy atom. The fourth-order valence-electron chi connectivity index (χ4n) is 6.92. The van der Waals surface area contributed by atoms with Crippen LogP contribution < -0.4 is 0 Å². The van der Waals surface area contributed by atoms with Crippen LogP contribution in [0.1, 0.15) is 65.7 Å². The maximum Gasteiger partial charge on any atom is 0.286 e. The molecule has 0 N–H and O–H groups in total. The second-order valence-corrected chi connectivity index (χ2v) is 9.20. The number of fused-ring (bicyclic) bond motifs is 5. The molecular weight excluding hydrogens is 310 g/mol. The van der Waals surface area contributed by atoms with Crippen molar-refractivity contribution in [1.29, 1.82) is 5.26 Å². The molecule has 6 atom stereocenters. The first kappa shape index (κ1) is 16.9. The van der Waals surface area contributed by atoms with E-state index >= 15 is 0 Å². The zero-order valence-corrected chi connectivity index (χ0v) is 15.7. The lowest BCUT2D eigenvalue weighted by molar-refractivity contribution is -0.115. The van der Waals surface area contributed by atoms with E-state index in [0.29, 0.717) is 17.8 Å². The zero-order chi connectivity index (χ0) is 17.8. The predicted octanol–water partition coefficient (Wildman–Crippen LogP) is 4.94. The molecule has 2 saturated carbocycles. The molecule has 0 amide bonds. The number of ketones is 1. The number of rotatable bonds is 2. The molecule has 4 aliphatic rings. The van der Waals surface area contributed by atoms with E-state index in [4.69, 9.17) is 10.00 Å². The molecule has 3 nitrogen and oxygen atoms in total. The average molecular weight is 339 g/mol. The minimum atomic E-state index is 0.0761. The van der Waals surface area contributed by atoms with Crippen LogP contribution in [0.25, 0.3) is 0 Å². The van der Waals surface area contributed by atoms with Gasteiger partial charge in [-0.15, -0.1) is 0 Å². The fourth-order valence-corrected chi connectivity index (χ4v) is 6.92. The molecule has 2 fully saturated rings. The predicted molar refractivity (Wildman–Crippen MR) is 96.3 cm³/mol. The number of hydrogen-bond acceptors (Lipinski definition) is 3. The van der Waals surface area contributed by atoms with Gasteiger partial charge in [-0.3, -0.25) is 4.79 Å². The summed E-state index contributed by atoms with van der Waals surface area (Å²) >= 11 is 0. The number of hydrogen-bond donors (Lipinski definition) is 0. The summed E-state index contributed by atoms with van der Waals surface area (Å²) in [4.78, 5) is 12.1. The summed E-state index contributed by atoms with van der Waals surface area (Å²) in [6.45, 7) is 6.53. The Hall–Kier alpha value is -1.56. The molecule has 0 heterocycles. The lowest BCUT2D eigenvalue weighted by atomic mass is 9.47. The van der Waals surface area contributed by atoms with E-state index in [1.807, 2.05) is 6.26 Å². The third-order valence-electron chi connectivity index (χ3n) is 8.24. The Kier molecular flexibility index (Phi) is 3.87. The summed E-state index contributed by atoms with van der Waals surface area (Å²) < 4.78 is 5.26. The highest BCUT2D eigenvalue weighted by atomic mass is 16.5. The third-order valence-corrected chi connectivity index (χ3v) is 8.24.